The fourth-order valence-electron chi connectivity index (χ4n) is 3.14. The maximum absolute atomic E-state index is 9.68. The van der Waals surface area contributed by atoms with Crippen LogP contribution in [-0.4, -0.2) is 43.3 Å². The highest BCUT2D eigenvalue weighted by atomic mass is 16.5. The smallest absolute Gasteiger partial charge is 0.160 e. The number of aromatic hydroxyl groups is 1. The molecular formula is C19H24N2O2. The Morgan fingerprint density at radius 2 is 1.78 bits per heavy atom. The van der Waals surface area contributed by atoms with Crippen molar-refractivity contribution in [3.05, 3.63) is 53.6 Å². The summed E-state index contributed by atoms with van der Waals surface area (Å²) in [6, 6.07) is 14.2. The van der Waals surface area contributed by atoms with Crippen molar-refractivity contribution in [2.45, 2.75) is 13.5 Å². The van der Waals surface area contributed by atoms with Gasteiger partial charge in [-0.05, 0) is 36.2 Å². The van der Waals surface area contributed by atoms with E-state index in [4.69, 9.17) is 4.74 Å². The molecule has 122 valence electrons. The summed E-state index contributed by atoms with van der Waals surface area (Å²) in [7, 11) is 1.58. The summed E-state index contributed by atoms with van der Waals surface area (Å²) >= 11 is 0. The van der Waals surface area contributed by atoms with Gasteiger partial charge >= 0.3 is 0 Å². The standard InChI is InChI=1S/C19H24N2O2/c1-15-5-3-4-6-17(15)21-11-9-20(10-12-21)14-16-7-8-18(22)19(13-16)23-2/h3-8,13,22H,9-12,14H2,1-2H3. The first-order chi connectivity index (χ1) is 11.2. The SMILES string of the molecule is COc1cc(CN2CCN(c3ccccc3C)CC2)ccc1O. The molecule has 0 unspecified atom stereocenters. The van der Waals surface area contributed by atoms with Crippen molar-refractivity contribution in [2.24, 2.45) is 0 Å². The van der Waals surface area contributed by atoms with Gasteiger partial charge in [0, 0.05) is 38.4 Å². The summed E-state index contributed by atoms with van der Waals surface area (Å²) in [5.41, 5.74) is 3.85. The fourth-order valence-corrected chi connectivity index (χ4v) is 3.14. The number of hydrogen-bond donors (Lipinski definition) is 1. The van der Waals surface area contributed by atoms with E-state index in [1.54, 1.807) is 13.2 Å². The number of phenols is 1. The predicted molar refractivity (Wildman–Crippen MR) is 93.3 cm³/mol. The van der Waals surface area contributed by atoms with Crippen LogP contribution in [0.5, 0.6) is 11.5 Å². The summed E-state index contributed by atoms with van der Waals surface area (Å²) in [5, 5.41) is 9.68. The van der Waals surface area contributed by atoms with Crippen molar-refractivity contribution in [1.82, 2.24) is 4.90 Å². The summed E-state index contributed by atoms with van der Waals surface area (Å²) < 4.78 is 5.19. The molecule has 1 fully saturated rings. The van der Waals surface area contributed by atoms with E-state index in [0.29, 0.717) is 5.75 Å². The molecule has 4 heteroatoms. The number of ether oxygens (including phenoxy) is 1. The van der Waals surface area contributed by atoms with Crippen LogP contribution in [0.15, 0.2) is 42.5 Å². The number of hydrogen-bond acceptors (Lipinski definition) is 4. The third kappa shape index (κ3) is 3.59. The predicted octanol–water partition coefficient (Wildman–Crippen LogP) is 3.03. The number of phenolic OH excluding ortho intramolecular Hbond substituents is 1. The second-order valence-electron chi connectivity index (χ2n) is 6.06. The van der Waals surface area contributed by atoms with Crippen LogP contribution >= 0.6 is 0 Å². The van der Waals surface area contributed by atoms with Crippen LogP contribution in [-0.2, 0) is 6.54 Å². The van der Waals surface area contributed by atoms with E-state index in [1.165, 1.54) is 16.8 Å². The third-order valence-electron chi connectivity index (χ3n) is 4.48. The zero-order valence-electron chi connectivity index (χ0n) is 13.8. The van der Waals surface area contributed by atoms with Gasteiger partial charge in [0.25, 0.3) is 0 Å². The summed E-state index contributed by atoms with van der Waals surface area (Å²) in [6.07, 6.45) is 0. The molecule has 0 aromatic heterocycles. The van der Waals surface area contributed by atoms with Crippen LogP contribution in [0.25, 0.3) is 0 Å². The quantitative estimate of drug-likeness (QED) is 0.941. The minimum absolute atomic E-state index is 0.195. The minimum atomic E-state index is 0.195. The van der Waals surface area contributed by atoms with E-state index in [1.807, 2.05) is 12.1 Å². The molecule has 4 nitrogen and oxygen atoms in total. The van der Waals surface area contributed by atoms with Crippen molar-refractivity contribution in [1.29, 1.82) is 0 Å². The monoisotopic (exact) mass is 312 g/mol. The van der Waals surface area contributed by atoms with E-state index >= 15 is 0 Å². The molecule has 23 heavy (non-hydrogen) atoms. The van der Waals surface area contributed by atoms with Crippen LogP contribution in [0.1, 0.15) is 11.1 Å². The number of para-hydroxylation sites is 1. The van der Waals surface area contributed by atoms with Gasteiger partial charge in [0.05, 0.1) is 7.11 Å². The first kappa shape index (κ1) is 15.7. The Hall–Kier alpha value is -2.20. The Balaban J connectivity index is 1.60. The first-order valence-corrected chi connectivity index (χ1v) is 8.06. The number of piperazine rings is 1. The van der Waals surface area contributed by atoms with Crippen molar-refractivity contribution < 1.29 is 9.84 Å². The molecule has 0 radical (unpaired) electrons. The van der Waals surface area contributed by atoms with Gasteiger partial charge in [-0.15, -0.1) is 0 Å². The number of anilines is 1. The van der Waals surface area contributed by atoms with E-state index in [9.17, 15) is 5.11 Å². The Bertz CT molecular complexity index is 664. The van der Waals surface area contributed by atoms with Crippen molar-refractivity contribution in [2.75, 3.05) is 38.2 Å². The molecule has 2 aromatic rings. The Kier molecular flexibility index (Phi) is 4.72. The van der Waals surface area contributed by atoms with Gasteiger partial charge < -0.3 is 14.7 Å². The molecule has 0 aliphatic carbocycles. The molecule has 0 spiro atoms. The first-order valence-electron chi connectivity index (χ1n) is 8.06. The normalized spacial score (nSPS) is 15.7. The summed E-state index contributed by atoms with van der Waals surface area (Å²) in [6.45, 7) is 7.22. The zero-order valence-corrected chi connectivity index (χ0v) is 13.8. The van der Waals surface area contributed by atoms with Gasteiger partial charge in [0.15, 0.2) is 11.5 Å². The Labute approximate surface area is 137 Å². The van der Waals surface area contributed by atoms with Gasteiger partial charge in [-0.25, -0.2) is 0 Å². The third-order valence-corrected chi connectivity index (χ3v) is 4.48. The second-order valence-corrected chi connectivity index (χ2v) is 6.06. The molecule has 0 bridgehead atoms. The minimum Gasteiger partial charge on any atom is -0.504 e. The van der Waals surface area contributed by atoms with Gasteiger partial charge in [0.1, 0.15) is 0 Å². The Morgan fingerprint density at radius 3 is 2.48 bits per heavy atom. The fraction of sp³-hybridized carbons (Fsp3) is 0.368. The molecule has 0 amide bonds. The number of aryl methyl sites for hydroxylation is 1. The maximum Gasteiger partial charge on any atom is 0.160 e. The van der Waals surface area contributed by atoms with Crippen molar-refractivity contribution >= 4 is 5.69 Å². The summed E-state index contributed by atoms with van der Waals surface area (Å²) in [4.78, 5) is 4.91. The van der Waals surface area contributed by atoms with E-state index < -0.39 is 0 Å². The van der Waals surface area contributed by atoms with Gasteiger partial charge in [-0.3, -0.25) is 4.90 Å². The van der Waals surface area contributed by atoms with Gasteiger partial charge in [0.2, 0.25) is 0 Å². The molecule has 2 aromatic carbocycles. The molecule has 3 rings (SSSR count). The average Bonchev–Trinajstić information content (AvgIpc) is 2.58. The molecular weight excluding hydrogens is 288 g/mol. The molecule has 1 aliphatic heterocycles. The maximum atomic E-state index is 9.68. The van der Waals surface area contributed by atoms with E-state index in [-0.39, 0.29) is 5.75 Å². The Morgan fingerprint density at radius 1 is 1.04 bits per heavy atom. The topological polar surface area (TPSA) is 35.9 Å². The van der Waals surface area contributed by atoms with Crippen LogP contribution < -0.4 is 9.64 Å². The van der Waals surface area contributed by atoms with Crippen LogP contribution in [0, 0.1) is 6.92 Å². The highest BCUT2D eigenvalue weighted by molar-refractivity contribution is 5.53. The van der Waals surface area contributed by atoms with Crippen LogP contribution in [0.4, 0.5) is 5.69 Å². The number of rotatable bonds is 4. The molecule has 0 saturated carbocycles. The molecule has 1 aliphatic rings. The van der Waals surface area contributed by atoms with E-state index in [0.717, 1.165) is 32.7 Å². The van der Waals surface area contributed by atoms with E-state index in [2.05, 4.69) is 41.0 Å². The molecule has 1 heterocycles. The van der Waals surface area contributed by atoms with Gasteiger partial charge in [-0.1, -0.05) is 24.3 Å². The number of benzene rings is 2. The van der Waals surface area contributed by atoms with Crippen molar-refractivity contribution in [3.63, 3.8) is 0 Å². The highest BCUT2D eigenvalue weighted by Gasteiger charge is 2.18. The number of nitrogens with zero attached hydrogens (tertiary/aromatic N) is 2. The average molecular weight is 312 g/mol. The second kappa shape index (κ2) is 6.92. The molecule has 1 saturated heterocycles. The van der Waals surface area contributed by atoms with Crippen LogP contribution in [0.2, 0.25) is 0 Å². The lowest BCUT2D eigenvalue weighted by Crippen LogP contribution is -2.46. The lowest BCUT2D eigenvalue weighted by Gasteiger charge is -2.36. The van der Waals surface area contributed by atoms with Gasteiger partial charge in [-0.2, -0.15) is 0 Å². The van der Waals surface area contributed by atoms with Crippen LogP contribution in [0.3, 0.4) is 0 Å². The molecule has 1 N–H and O–H groups in total. The lowest BCUT2D eigenvalue weighted by atomic mass is 10.1. The summed E-state index contributed by atoms with van der Waals surface area (Å²) in [5.74, 6) is 0.738. The largest absolute Gasteiger partial charge is 0.504 e. The molecule has 0 atom stereocenters. The highest BCUT2D eigenvalue weighted by Crippen LogP contribution is 2.27. The lowest BCUT2D eigenvalue weighted by molar-refractivity contribution is 0.249. The number of methoxy groups -OCH3 is 1. The zero-order chi connectivity index (χ0) is 16.2. The van der Waals surface area contributed by atoms with Crippen molar-refractivity contribution in [3.8, 4) is 11.5 Å².